The zero-order chi connectivity index (χ0) is 19.9. The van der Waals surface area contributed by atoms with Gasteiger partial charge in [0.2, 0.25) is 0 Å². The number of benzene rings is 2. The Hall–Kier alpha value is -1.53. The fraction of sp³-hybridized carbons (Fsp3) is 0.348. The van der Waals surface area contributed by atoms with E-state index in [0.717, 1.165) is 52.3 Å². The van der Waals surface area contributed by atoms with Gasteiger partial charge in [0, 0.05) is 10.6 Å². The smallest absolute Gasteiger partial charge is 0.380 e. The third kappa shape index (κ3) is 7.04. The maximum atomic E-state index is 4.42. The van der Waals surface area contributed by atoms with Gasteiger partial charge in [0.1, 0.15) is 0 Å². The van der Waals surface area contributed by atoms with E-state index in [4.69, 9.17) is 0 Å². The molecule has 0 aliphatic carbocycles. The molecule has 0 fully saturated rings. The van der Waals surface area contributed by atoms with E-state index >= 15 is 0 Å². The molecule has 2 atom stereocenters. The van der Waals surface area contributed by atoms with E-state index in [1.54, 1.807) is 6.33 Å². The van der Waals surface area contributed by atoms with Gasteiger partial charge in [-0.1, -0.05) is 32.1 Å². The summed E-state index contributed by atoms with van der Waals surface area (Å²) in [6, 6.07) is 15.8. The molecule has 0 aliphatic heterocycles. The summed E-state index contributed by atoms with van der Waals surface area (Å²) in [5.41, 5.74) is 2.98. The molecular weight excluding hydrogens is 415 g/mol. The largest absolute Gasteiger partial charge is 2.00 e. The van der Waals surface area contributed by atoms with Crippen molar-refractivity contribution >= 4 is 35.0 Å². The number of nitrogens with one attached hydrogen (secondary N) is 2. The molecule has 2 N–H and O–H groups in total. The molecule has 0 amide bonds. The third-order valence-electron chi connectivity index (χ3n) is 4.95. The Bertz CT molecular complexity index is 901. The Morgan fingerprint density at radius 2 is 1.90 bits per heavy atom. The zero-order valence-corrected chi connectivity index (χ0v) is 19.3. The van der Waals surface area contributed by atoms with E-state index in [-0.39, 0.29) is 24.6 Å². The molecule has 2 unspecified atom stereocenters. The zero-order valence-electron chi connectivity index (χ0n) is 17.0. The Morgan fingerprint density at radius 1 is 1.14 bits per heavy atom. The van der Waals surface area contributed by atoms with Gasteiger partial charge < -0.3 is 17.6 Å². The van der Waals surface area contributed by atoms with Crippen LogP contribution in [0.25, 0.3) is 10.9 Å². The van der Waals surface area contributed by atoms with Crippen molar-refractivity contribution in [1.29, 1.82) is 0 Å². The predicted molar refractivity (Wildman–Crippen MR) is 120 cm³/mol. The second-order valence-electron chi connectivity index (χ2n) is 7.29. The first kappa shape index (κ1) is 23.8. The van der Waals surface area contributed by atoms with Gasteiger partial charge in [0.15, 0.2) is 0 Å². The van der Waals surface area contributed by atoms with Gasteiger partial charge in [-0.25, -0.2) is 0 Å². The summed E-state index contributed by atoms with van der Waals surface area (Å²) in [5.74, 6) is 1.46. The van der Waals surface area contributed by atoms with E-state index < -0.39 is 0 Å². The number of hydrogen-bond acceptors (Lipinski definition) is 5. The van der Waals surface area contributed by atoms with E-state index in [1.807, 2.05) is 30.3 Å². The van der Waals surface area contributed by atoms with Crippen LogP contribution in [0, 0.1) is 18.9 Å². The molecule has 0 saturated carbocycles. The van der Waals surface area contributed by atoms with Crippen molar-refractivity contribution in [2.24, 2.45) is 5.92 Å². The maximum Gasteiger partial charge on any atom is 2.00 e. The summed E-state index contributed by atoms with van der Waals surface area (Å²) in [6.45, 7) is 9.60. The van der Waals surface area contributed by atoms with Crippen LogP contribution in [0.5, 0.6) is 0 Å². The van der Waals surface area contributed by atoms with Gasteiger partial charge in [0.25, 0.3) is 0 Å². The first-order chi connectivity index (χ1) is 13.5. The van der Waals surface area contributed by atoms with Gasteiger partial charge >= 0.3 is 18.6 Å². The van der Waals surface area contributed by atoms with Crippen LogP contribution in [0.4, 0.5) is 11.5 Å². The molecule has 2 aromatic carbocycles. The molecule has 0 spiro atoms. The van der Waals surface area contributed by atoms with Crippen LogP contribution < -0.4 is 10.6 Å². The molecule has 3 rings (SSSR count). The Balaban J connectivity index is 0.00000300. The van der Waals surface area contributed by atoms with Crippen molar-refractivity contribution in [2.45, 2.75) is 44.0 Å². The number of nitrogens with zero attached hydrogens (tertiary/aromatic N) is 2. The average Bonchev–Trinajstić information content (AvgIpc) is 2.70. The normalized spacial score (nSPS) is 13.0. The SMILES string of the molecule is [CH2-]C(CC(C)CC)NCCc1[c-]c2c(Nc3ccc(S)cc3)ncnc2cc1.[V+2]. The number of hydrogen-bond donors (Lipinski definition) is 3. The number of fused-ring (bicyclic) bond motifs is 1. The van der Waals surface area contributed by atoms with Crippen LogP contribution in [-0.2, 0) is 25.0 Å². The Labute approximate surface area is 191 Å². The van der Waals surface area contributed by atoms with Gasteiger partial charge in [-0.3, -0.25) is 9.97 Å². The monoisotopic (exact) mass is 443 g/mol. The first-order valence-electron chi connectivity index (χ1n) is 9.83. The van der Waals surface area contributed by atoms with Gasteiger partial charge in [0.05, 0.1) is 12.1 Å². The number of anilines is 2. The van der Waals surface area contributed by atoms with Crippen molar-refractivity contribution in [3.8, 4) is 0 Å². The molecule has 0 aliphatic rings. The van der Waals surface area contributed by atoms with Crippen molar-refractivity contribution in [3.63, 3.8) is 0 Å². The fourth-order valence-corrected chi connectivity index (χ4v) is 3.25. The van der Waals surface area contributed by atoms with Crippen LogP contribution >= 0.6 is 12.6 Å². The summed E-state index contributed by atoms with van der Waals surface area (Å²) < 4.78 is 0. The molecule has 0 bridgehead atoms. The minimum atomic E-state index is 0. The second kappa shape index (κ2) is 11.6. The van der Waals surface area contributed by atoms with Crippen molar-refractivity contribution in [3.05, 3.63) is 61.3 Å². The summed E-state index contributed by atoms with van der Waals surface area (Å²) in [6.07, 6.45) is 4.77. The summed E-state index contributed by atoms with van der Waals surface area (Å²) >= 11 is 4.33. The molecule has 3 aromatic rings. The molecule has 4 nitrogen and oxygen atoms in total. The first-order valence-corrected chi connectivity index (χ1v) is 10.3. The number of aromatic nitrogens is 2. The van der Waals surface area contributed by atoms with E-state index in [0.29, 0.717) is 5.92 Å². The topological polar surface area (TPSA) is 49.8 Å². The van der Waals surface area contributed by atoms with E-state index in [9.17, 15) is 0 Å². The molecule has 1 heterocycles. The summed E-state index contributed by atoms with van der Waals surface area (Å²) in [5, 5.41) is 7.78. The van der Waals surface area contributed by atoms with Crippen molar-refractivity contribution in [2.75, 3.05) is 11.9 Å². The van der Waals surface area contributed by atoms with Gasteiger partial charge in [-0.2, -0.15) is 0 Å². The number of rotatable bonds is 9. The maximum absolute atomic E-state index is 4.42. The molecule has 151 valence electrons. The second-order valence-corrected chi connectivity index (χ2v) is 7.80. The van der Waals surface area contributed by atoms with Crippen molar-refractivity contribution < 1.29 is 18.6 Å². The standard InChI is InChI=1S/C23H28N4S.V/c1-4-16(2)13-17(3)24-12-11-18-5-10-22-21(14-18)23(26-15-25-22)27-19-6-8-20(28)9-7-19;/h5-10,15-17,24,28H,3-4,11-13H2,1-2H3,(H,25,26,27);/q-2;+2. The quantitative estimate of drug-likeness (QED) is 0.313. The molecule has 29 heavy (non-hydrogen) atoms. The van der Waals surface area contributed by atoms with E-state index in [1.165, 1.54) is 6.42 Å². The summed E-state index contributed by atoms with van der Waals surface area (Å²) in [7, 11) is 0. The Kier molecular flexibility index (Phi) is 9.51. The number of thiol groups is 1. The summed E-state index contributed by atoms with van der Waals surface area (Å²) in [4.78, 5) is 9.71. The van der Waals surface area contributed by atoms with Gasteiger partial charge in [-0.15, -0.1) is 42.4 Å². The van der Waals surface area contributed by atoms with E-state index in [2.05, 4.69) is 66.1 Å². The van der Waals surface area contributed by atoms with Gasteiger partial charge in [-0.05, 0) is 48.7 Å². The van der Waals surface area contributed by atoms with Crippen LogP contribution in [0.15, 0.2) is 47.6 Å². The van der Waals surface area contributed by atoms with Crippen LogP contribution in [0.2, 0.25) is 0 Å². The molecule has 1 aromatic heterocycles. The predicted octanol–water partition coefficient (Wildman–Crippen LogP) is 5.23. The van der Waals surface area contributed by atoms with Crippen LogP contribution in [0.3, 0.4) is 0 Å². The molecule has 6 heteroatoms. The minimum absolute atomic E-state index is 0. The molecule has 0 saturated heterocycles. The van der Waals surface area contributed by atoms with Crippen LogP contribution in [0.1, 0.15) is 32.3 Å². The molecular formula is C23H28N4SV. The Morgan fingerprint density at radius 3 is 2.62 bits per heavy atom. The van der Waals surface area contributed by atoms with Crippen LogP contribution in [-0.4, -0.2) is 22.6 Å². The fourth-order valence-electron chi connectivity index (χ4n) is 3.10. The third-order valence-corrected chi connectivity index (χ3v) is 5.24. The van der Waals surface area contributed by atoms with Crippen molar-refractivity contribution in [1.82, 2.24) is 15.3 Å². The minimum Gasteiger partial charge on any atom is -0.380 e. The average molecular weight is 444 g/mol. The molecule has 1 radical (unpaired) electrons.